The summed E-state index contributed by atoms with van der Waals surface area (Å²) in [7, 11) is 0. The van der Waals surface area contributed by atoms with Crippen molar-refractivity contribution in [3.8, 4) is 0 Å². The van der Waals surface area contributed by atoms with Gasteiger partial charge >= 0.3 is 0 Å². The molecule has 2 aliphatic heterocycles. The number of fused-ring (bicyclic) bond motifs is 1. The van der Waals surface area contributed by atoms with Crippen LogP contribution in [0.25, 0.3) is 5.70 Å². The van der Waals surface area contributed by atoms with E-state index in [-0.39, 0.29) is 0 Å². The zero-order valence-electron chi connectivity index (χ0n) is 12.6. The Labute approximate surface area is 135 Å². The van der Waals surface area contributed by atoms with Gasteiger partial charge in [-0.3, -0.25) is 4.99 Å². The van der Waals surface area contributed by atoms with Gasteiger partial charge in [0.1, 0.15) is 0 Å². The maximum atomic E-state index is 4.77. The maximum absolute atomic E-state index is 4.77. The lowest BCUT2D eigenvalue weighted by Crippen LogP contribution is -2.33. The predicted octanol–water partition coefficient (Wildman–Crippen LogP) is 4.40. The molecule has 0 spiro atoms. The van der Waals surface area contributed by atoms with Gasteiger partial charge < -0.3 is 4.90 Å². The zero-order valence-corrected chi connectivity index (χ0v) is 13.4. The van der Waals surface area contributed by atoms with Crippen LogP contribution in [0.3, 0.4) is 0 Å². The fourth-order valence-electron chi connectivity index (χ4n) is 3.19. The topological polar surface area (TPSA) is 15.6 Å². The summed E-state index contributed by atoms with van der Waals surface area (Å²) >= 11 is 1.81. The first-order chi connectivity index (χ1) is 10.8. The van der Waals surface area contributed by atoms with Crippen molar-refractivity contribution in [3.05, 3.63) is 76.7 Å². The molecule has 2 heterocycles. The van der Waals surface area contributed by atoms with Crippen molar-refractivity contribution < 1.29 is 0 Å². The van der Waals surface area contributed by atoms with E-state index in [1.807, 2.05) is 11.8 Å². The van der Waals surface area contributed by atoms with Crippen LogP contribution in [0.1, 0.15) is 18.1 Å². The molecule has 0 aliphatic carbocycles. The Bertz CT molecular complexity index is 735. The number of hydrogen-bond acceptors (Lipinski definition) is 3. The Morgan fingerprint density at radius 2 is 1.73 bits per heavy atom. The number of nitrogens with zero attached hydrogens (tertiary/aromatic N) is 2. The molecule has 2 aliphatic rings. The number of thioether (sulfide) groups is 1. The van der Waals surface area contributed by atoms with Gasteiger partial charge in [-0.25, -0.2) is 0 Å². The smallest absolute Gasteiger partial charge is 0.168 e. The lowest BCUT2D eigenvalue weighted by molar-refractivity contribution is 0.461. The van der Waals surface area contributed by atoms with Gasteiger partial charge in [0.2, 0.25) is 0 Å². The summed E-state index contributed by atoms with van der Waals surface area (Å²) in [6, 6.07) is 21.8. The Kier molecular flexibility index (Phi) is 3.51. The molecule has 0 radical (unpaired) electrons. The van der Waals surface area contributed by atoms with E-state index in [0.29, 0.717) is 6.04 Å². The monoisotopic (exact) mass is 306 g/mol. The predicted molar refractivity (Wildman–Crippen MR) is 94.7 cm³/mol. The molecule has 0 N–H and O–H groups in total. The number of allylic oxidation sites excluding steroid dienone is 1. The maximum Gasteiger partial charge on any atom is 0.168 e. The quantitative estimate of drug-likeness (QED) is 0.835. The van der Waals surface area contributed by atoms with Gasteiger partial charge in [0.05, 0.1) is 18.3 Å². The number of amidine groups is 1. The molecule has 2 aromatic carbocycles. The van der Waals surface area contributed by atoms with E-state index in [2.05, 4.69) is 72.5 Å². The highest BCUT2D eigenvalue weighted by Gasteiger charge is 2.37. The van der Waals surface area contributed by atoms with E-state index < -0.39 is 0 Å². The van der Waals surface area contributed by atoms with Gasteiger partial charge in [0.15, 0.2) is 5.17 Å². The van der Waals surface area contributed by atoms with Crippen LogP contribution >= 0.6 is 11.8 Å². The molecule has 22 heavy (non-hydrogen) atoms. The third-order valence-corrected chi connectivity index (χ3v) is 5.20. The fraction of sp³-hybridized carbons (Fsp3) is 0.211. The Balaban J connectivity index is 1.65. The first-order valence-electron chi connectivity index (χ1n) is 7.64. The molecule has 4 rings (SSSR count). The highest BCUT2D eigenvalue weighted by Crippen LogP contribution is 2.43. The largest absolute Gasteiger partial charge is 0.314 e. The Hall–Kier alpha value is -2.00. The minimum absolute atomic E-state index is 0.428. The molecule has 1 atom stereocenters. The SMILES string of the molecule is CC1=C(c2ccccc2)N2C(=NC[C@@H]2Cc2ccccc2)S1. The van der Waals surface area contributed by atoms with Crippen molar-refractivity contribution in [1.82, 2.24) is 4.90 Å². The summed E-state index contributed by atoms with van der Waals surface area (Å²) in [6.45, 7) is 3.09. The minimum atomic E-state index is 0.428. The molecule has 0 fully saturated rings. The lowest BCUT2D eigenvalue weighted by atomic mass is 10.0. The average Bonchev–Trinajstić information content (AvgIpc) is 3.08. The van der Waals surface area contributed by atoms with Gasteiger partial charge in [0.25, 0.3) is 0 Å². The van der Waals surface area contributed by atoms with Crippen molar-refractivity contribution in [2.24, 2.45) is 4.99 Å². The van der Waals surface area contributed by atoms with E-state index in [9.17, 15) is 0 Å². The van der Waals surface area contributed by atoms with Crippen LogP contribution in [0.2, 0.25) is 0 Å². The Morgan fingerprint density at radius 3 is 2.45 bits per heavy atom. The molecule has 3 heteroatoms. The van der Waals surface area contributed by atoms with E-state index in [4.69, 9.17) is 4.99 Å². The number of aliphatic imine (C=N–C) groups is 1. The highest BCUT2D eigenvalue weighted by atomic mass is 32.2. The minimum Gasteiger partial charge on any atom is -0.314 e. The highest BCUT2D eigenvalue weighted by molar-refractivity contribution is 8.17. The summed E-state index contributed by atoms with van der Waals surface area (Å²) in [5, 5.41) is 1.16. The normalized spacial score (nSPS) is 20.3. The van der Waals surface area contributed by atoms with Crippen molar-refractivity contribution in [2.45, 2.75) is 19.4 Å². The van der Waals surface area contributed by atoms with Crippen LogP contribution in [-0.4, -0.2) is 22.7 Å². The van der Waals surface area contributed by atoms with E-state index >= 15 is 0 Å². The summed E-state index contributed by atoms with van der Waals surface area (Å²) in [5.41, 5.74) is 4.01. The standard InChI is InChI=1S/C19H18N2S/c1-14-18(16-10-6-3-7-11-16)21-17(13-20-19(21)22-14)12-15-8-4-2-5-9-15/h2-11,17H,12-13H2,1H3/t17-/m0/s1. The van der Waals surface area contributed by atoms with E-state index in [1.54, 1.807) is 0 Å². The third kappa shape index (κ3) is 2.35. The molecule has 110 valence electrons. The molecule has 0 amide bonds. The first kappa shape index (κ1) is 13.6. The molecule has 0 bridgehead atoms. The second kappa shape index (κ2) is 5.65. The van der Waals surface area contributed by atoms with Crippen LogP contribution in [0.4, 0.5) is 0 Å². The molecular formula is C19H18N2S. The van der Waals surface area contributed by atoms with Gasteiger partial charge in [-0.05, 0) is 24.5 Å². The second-order valence-electron chi connectivity index (χ2n) is 5.71. The van der Waals surface area contributed by atoms with Gasteiger partial charge in [-0.1, -0.05) is 72.4 Å². The molecular weight excluding hydrogens is 288 g/mol. The van der Waals surface area contributed by atoms with Crippen LogP contribution in [-0.2, 0) is 6.42 Å². The van der Waals surface area contributed by atoms with Crippen molar-refractivity contribution in [3.63, 3.8) is 0 Å². The molecule has 0 saturated heterocycles. The van der Waals surface area contributed by atoms with Crippen LogP contribution < -0.4 is 0 Å². The van der Waals surface area contributed by atoms with Crippen molar-refractivity contribution >= 4 is 22.6 Å². The Morgan fingerprint density at radius 1 is 1.05 bits per heavy atom. The summed E-state index contributed by atoms with van der Waals surface area (Å²) in [4.78, 5) is 8.56. The van der Waals surface area contributed by atoms with Crippen molar-refractivity contribution in [1.29, 1.82) is 0 Å². The third-order valence-electron chi connectivity index (χ3n) is 4.19. The molecule has 0 saturated carbocycles. The molecule has 0 aromatic heterocycles. The van der Waals surface area contributed by atoms with E-state index in [0.717, 1.165) is 18.1 Å². The second-order valence-corrected chi connectivity index (χ2v) is 6.89. The van der Waals surface area contributed by atoms with Crippen molar-refractivity contribution in [2.75, 3.05) is 6.54 Å². The summed E-state index contributed by atoms with van der Waals surface area (Å²) in [5.74, 6) is 0. The fourth-order valence-corrected chi connectivity index (χ4v) is 4.26. The summed E-state index contributed by atoms with van der Waals surface area (Å²) in [6.07, 6.45) is 1.04. The van der Waals surface area contributed by atoms with E-state index in [1.165, 1.54) is 21.7 Å². The first-order valence-corrected chi connectivity index (χ1v) is 8.46. The van der Waals surface area contributed by atoms with Gasteiger partial charge in [0, 0.05) is 4.91 Å². The number of hydrogen-bond donors (Lipinski definition) is 0. The molecule has 2 aromatic rings. The summed E-state index contributed by atoms with van der Waals surface area (Å²) < 4.78 is 0. The van der Waals surface area contributed by atoms with Crippen LogP contribution in [0, 0.1) is 0 Å². The van der Waals surface area contributed by atoms with Gasteiger partial charge in [-0.2, -0.15) is 0 Å². The zero-order chi connectivity index (χ0) is 14.9. The molecule has 2 nitrogen and oxygen atoms in total. The van der Waals surface area contributed by atoms with Crippen LogP contribution in [0.5, 0.6) is 0 Å². The average molecular weight is 306 g/mol. The number of rotatable bonds is 3. The van der Waals surface area contributed by atoms with Crippen LogP contribution in [0.15, 0.2) is 70.6 Å². The molecule has 0 unspecified atom stereocenters. The van der Waals surface area contributed by atoms with Gasteiger partial charge in [-0.15, -0.1) is 0 Å². The lowest BCUT2D eigenvalue weighted by Gasteiger charge is -2.26. The number of benzene rings is 2.